The molecule has 3 heteroatoms. The number of nitrogens with zero attached hydrogens (tertiary/aromatic N) is 1. The minimum atomic E-state index is 0.165. The smallest absolute Gasteiger partial charge is 0.134 e. The van der Waals surface area contributed by atoms with E-state index >= 15 is 0 Å². The van der Waals surface area contributed by atoms with Gasteiger partial charge in [0.2, 0.25) is 0 Å². The van der Waals surface area contributed by atoms with Gasteiger partial charge in [0.25, 0.3) is 0 Å². The summed E-state index contributed by atoms with van der Waals surface area (Å²) in [6, 6.07) is 12.5. The number of pyridine rings is 1. The third kappa shape index (κ3) is 2.83. The minimum Gasteiger partial charge on any atom is -0.459 e. The van der Waals surface area contributed by atoms with Crippen molar-refractivity contribution in [2.45, 2.75) is 33.4 Å². The van der Waals surface area contributed by atoms with E-state index < -0.39 is 0 Å². The molecule has 108 valence electrons. The first kappa shape index (κ1) is 13.8. The van der Waals surface area contributed by atoms with E-state index in [2.05, 4.69) is 36.3 Å². The number of para-hydroxylation sites is 1. The molecule has 0 spiro atoms. The molecule has 3 aromatic rings. The highest BCUT2D eigenvalue weighted by atomic mass is 16.3. The molecule has 0 saturated heterocycles. The SMILES string of the molecule is Cc1ccc(CNC(C)c2oc3ccccc3c2C)cn1. The minimum absolute atomic E-state index is 0.165. The second-order valence-corrected chi connectivity index (χ2v) is 5.50. The number of furan rings is 1. The zero-order chi connectivity index (χ0) is 14.8. The van der Waals surface area contributed by atoms with Crippen molar-refractivity contribution in [3.63, 3.8) is 0 Å². The molecule has 0 aliphatic rings. The quantitative estimate of drug-likeness (QED) is 0.774. The molecule has 21 heavy (non-hydrogen) atoms. The van der Waals surface area contributed by atoms with Crippen LogP contribution in [0, 0.1) is 13.8 Å². The van der Waals surface area contributed by atoms with E-state index in [0.29, 0.717) is 0 Å². The van der Waals surface area contributed by atoms with Gasteiger partial charge in [0.15, 0.2) is 0 Å². The van der Waals surface area contributed by atoms with Crippen molar-refractivity contribution in [1.82, 2.24) is 10.3 Å². The van der Waals surface area contributed by atoms with Gasteiger partial charge in [-0.15, -0.1) is 0 Å². The van der Waals surface area contributed by atoms with Gasteiger partial charge < -0.3 is 9.73 Å². The van der Waals surface area contributed by atoms with Crippen LogP contribution in [0.5, 0.6) is 0 Å². The maximum atomic E-state index is 5.99. The zero-order valence-electron chi connectivity index (χ0n) is 12.7. The monoisotopic (exact) mass is 280 g/mol. The van der Waals surface area contributed by atoms with Gasteiger partial charge in [-0.1, -0.05) is 24.3 Å². The number of aryl methyl sites for hydroxylation is 2. The Hall–Kier alpha value is -2.13. The van der Waals surface area contributed by atoms with Crippen LogP contribution in [0.1, 0.15) is 35.5 Å². The van der Waals surface area contributed by atoms with E-state index in [-0.39, 0.29) is 6.04 Å². The van der Waals surface area contributed by atoms with Crippen molar-refractivity contribution >= 4 is 11.0 Å². The van der Waals surface area contributed by atoms with Crippen LogP contribution in [-0.2, 0) is 6.54 Å². The number of rotatable bonds is 4. The normalized spacial score (nSPS) is 12.7. The topological polar surface area (TPSA) is 38.1 Å². The summed E-state index contributed by atoms with van der Waals surface area (Å²) in [6.45, 7) is 7.03. The van der Waals surface area contributed by atoms with E-state index in [0.717, 1.165) is 23.6 Å². The number of nitrogens with one attached hydrogen (secondary N) is 1. The molecule has 0 fully saturated rings. The highest BCUT2D eigenvalue weighted by Crippen LogP contribution is 2.29. The Morgan fingerprint density at radius 2 is 1.95 bits per heavy atom. The average molecular weight is 280 g/mol. The lowest BCUT2D eigenvalue weighted by atomic mass is 10.1. The summed E-state index contributed by atoms with van der Waals surface area (Å²) in [5.74, 6) is 1.01. The van der Waals surface area contributed by atoms with Crippen LogP contribution in [0.25, 0.3) is 11.0 Å². The Morgan fingerprint density at radius 3 is 2.67 bits per heavy atom. The molecule has 0 saturated carbocycles. The van der Waals surface area contributed by atoms with Crippen molar-refractivity contribution in [1.29, 1.82) is 0 Å². The van der Waals surface area contributed by atoms with Gasteiger partial charge in [0.1, 0.15) is 11.3 Å². The van der Waals surface area contributed by atoms with Crippen LogP contribution in [0.4, 0.5) is 0 Å². The van der Waals surface area contributed by atoms with Crippen LogP contribution < -0.4 is 5.32 Å². The van der Waals surface area contributed by atoms with E-state index in [1.54, 1.807) is 0 Å². The molecular formula is C18H20N2O. The molecule has 0 aliphatic carbocycles. The fourth-order valence-electron chi connectivity index (χ4n) is 2.57. The van der Waals surface area contributed by atoms with E-state index in [4.69, 9.17) is 4.42 Å². The molecule has 0 radical (unpaired) electrons. The fraction of sp³-hybridized carbons (Fsp3) is 0.278. The Kier molecular flexibility index (Phi) is 3.76. The van der Waals surface area contributed by atoms with Gasteiger partial charge in [-0.2, -0.15) is 0 Å². The summed E-state index contributed by atoms with van der Waals surface area (Å²) >= 11 is 0. The molecule has 1 aromatic carbocycles. The number of hydrogen-bond donors (Lipinski definition) is 1. The number of aromatic nitrogens is 1. The first-order valence-corrected chi connectivity index (χ1v) is 7.28. The van der Waals surface area contributed by atoms with Gasteiger partial charge in [-0.3, -0.25) is 4.98 Å². The highest BCUT2D eigenvalue weighted by Gasteiger charge is 2.15. The van der Waals surface area contributed by atoms with Crippen molar-refractivity contribution in [2.24, 2.45) is 0 Å². The lowest BCUT2D eigenvalue weighted by molar-refractivity contribution is 0.447. The molecule has 2 heterocycles. The van der Waals surface area contributed by atoms with Crippen LogP contribution in [0.2, 0.25) is 0 Å². The Morgan fingerprint density at radius 1 is 1.14 bits per heavy atom. The molecule has 0 bridgehead atoms. The summed E-state index contributed by atoms with van der Waals surface area (Å²) < 4.78 is 5.99. The molecule has 1 unspecified atom stereocenters. The van der Waals surface area contributed by atoms with Crippen molar-refractivity contribution in [3.8, 4) is 0 Å². The zero-order valence-corrected chi connectivity index (χ0v) is 12.7. The van der Waals surface area contributed by atoms with Crippen molar-refractivity contribution in [3.05, 3.63) is 65.2 Å². The van der Waals surface area contributed by atoms with Crippen LogP contribution in [0.15, 0.2) is 47.0 Å². The average Bonchev–Trinajstić information content (AvgIpc) is 2.84. The number of benzene rings is 1. The number of fused-ring (bicyclic) bond motifs is 1. The lowest BCUT2D eigenvalue weighted by Gasteiger charge is -2.12. The molecule has 2 aromatic heterocycles. The van der Waals surface area contributed by atoms with Gasteiger partial charge in [0, 0.05) is 23.8 Å². The standard InChI is InChI=1S/C18H20N2O/c1-12-8-9-15(10-19-12)11-20-14(3)18-13(2)16-6-4-5-7-17(16)21-18/h4-10,14,20H,11H2,1-3H3. The fourth-order valence-corrected chi connectivity index (χ4v) is 2.57. The molecule has 1 N–H and O–H groups in total. The summed E-state index contributed by atoms with van der Waals surface area (Å²) in [5, 5.41) is 4.70. The number of hydrogen-bond acceptors (Lipinski definition) is 3. The summed E-state index contributed by atoms with van der Waals surface area (Å²) in [5.41, 5.74) is 4.39. The van der Waals surface area contributed by atoms with E-state index in [9.17, 15) is 0 Å². The van der Waals surface area contributed by atoms with Crippen LogP contribution in [-0.4, -0.2) is 4.98 Å². The maximum Gasteiger partial charge on any atom is 0.134 e. The third-order valence-electron chi connectivity index (χ3n) is 3.86. The molecule has 1 atom stereocenters. The summed E-state index contributed by atoms with van der Waals surface area (Å²) in [6.07, 6.45) is 1.92. The second-order valence-electron chi connectivity index (χ2n) is 5.50. The largest absolute Gasteiger partial charge is 0.459 e. The van der Waals surface area contributed by atoms with E-state index in [1.165, 1.54) is 16.5 Å². The van der Waals surface area contributed by atoms with Gasteiger partial charge in [-0.05, 0) is 44.0 Å². The van der Waals surface area contributed by atoms with Gasteiger partial charge in [0.05, 0.1) is 6.04 Å². The van der Waals surface area contributed by atoms with Crippen LogP contribution >= 0.6 is 0 Å². The van der Waals surface area contributed by atoms with Gasteiger partial charge >= 0.3 is 0 Å². The lowest BCUT2D eigenvalue weighted by Crippen LogP contribution is -2.18. The molecule has 0 amide bonds. The Bertz CT molecular complexity index is 744. The van der Waals surface area contributed by atoms with Gasteiger partial charge in [-0.25, -0.2) is 0 Å². The van der Waals surface area contributed by atoms with E-state index in [1.807, 2.05) is 37.4 Å². The molecular weight excluding hydrogens is 260 g/mol. The maximum absolute atomic E-state index is 5.99. The van der Waals surface area contributed by atoms with Crippen molar-refractivity contribution in [2.75, 3.05) is 0 Å². The molecule has 3 rings (SSSR count). The third-order valence-corrected chi connectivity index (χ3v) is 3.86. The Balaban J connectivity index is 1.76. The van der Waals surface area contributed by atoms with Crippen LogP contribution in [0.3, 0.4) is 0 Å². The first-order chi connectivity index (χ1) is 10.1. The Labute approximate surface area is 125 Å². The first-order valence-electron chi connectivity index (χ1n) is 7.28. The summed E-state index contributed by atoms with van der Waals surface area (Å²) in [7, 11) is 0. The predicted octanol–water partition coefficient (Wildman–Crippen LogP) is 4.30. The molecule has 3 nitrogen and oxygen atoms in total. The van der Waals surface area contributed by atoms with Crippen molar-refractivity contribution < 1.29 is 4.42 Å². The predicted molar refractivity (Wildman–Crippen MR) is 85.2 cm³/mol. The second kappa shape index (κ2) is 5.70. The molecule has 0 aliphatic heterocycles. The highest BCUT2D eigenvalue weighted by molar-refractivity contribution is 5.82. The summed E-state index contributed by atoms with van der Waals surface area (Å²) in [4.78, 5) is 4.32.